The van der Waals surface area contributed by atoms with Crippen LogP contribution in [0.4, 0.5) is 5.69 Å². The Morgan fingerprint density at radius 3 is 2.43 bits per heavy atom. The lowest BCUT2D eigenvalue weighted by Crippen LogP contribution is -2.41. The van der Waals surface area contributed by atoms with E-state index in [2.05, 4.69) is 26.3 Å². The van der Waals surface area contributed by atoms with E-state index < -0.39 is 0 Å². The SMILES string of the molecule is CCNC(=NCc1ccc(NC(=O)c2ccco2)cc1)NCCNC(=O)C1CC1.I. The molecule has 2 amide bonds. The fraction of sp³-hybridized carbons (Fsp3) is 0.381. The quantitative estimate of drug-likeness (QED) is 0.174. The topological polar surface area (TPSA) is 108 Å². The minimum Gasteiger partial charge on any atom is -0.459 e. The minimum atomic E-state index is -0.284. The van der Waals surface area contributed by atoms with Gasteiger partial charge < -0.3 is 25.7 Å². The molecule has 1 fully saturated rings. The predicted octanol–water partition coefficient (Wildman–Crippen LogP) is 2.73. The zero-order chi connectivity index (χ0) is 20.5. The number of nitrogens with zero attached hydrogens (tertiary/aromatic N) is 1. The largest absolute Gasteiger partial charge is 0.459 e. The highest BCUT2D eigenvalue weighted by Gasteiger charge is 2.28. The summed E-state index contributed by atoms with van der Waals surface area (Å²) in [4.78, 5) is 28.2. The van der Waals surface area contributed by atoms with Gasteiger partial charge in [0.1, 0.15) is 0 Å². The molecule has 0 bridgehead atoms. The Balaban J connectivity index is 0.00000320. The second-order valence-electron chi connectivity index (χ2n) is 6.82. The Morgan fingerprint density at radius 1 is 1.07 bits per heavy atom. The fourth-order valence-electron chi connectivity index (χ4n) is 2.66. The first kappa shape index (κ1) is 23.7. The van der Waals surface area contributed by atoms with Crippen molar-refractivity contribution in [1.82, 2.24) is 16.0 Å². The van der Waals surface area contributed by atoms with Gasteiger partial charge in [0.25, 0.3) is 5.91 Å². The van der Waals surface area contributed by atoms with Crippen molar-refractivity contribution in [3.8, 4) is 0 Å². The number of amides is 2. The maximum Gasteiger partial charge on any atom is 0.291 e. The van der Waals surface area contributed by atoms with Crippen molar-refractivity contribution in [2.45, 2.75) is 26.3 Å². The van der Waals surface area contributed by atoms with Gasteiger partial charge in [0.2, 0.25) is 5.91 Å². The van der Waals surface area contributed by atoms with Gasteiger partial charge in [-0.3, -0.25) is 9.59 Å². The summed E-state index contributed by atoms with van der Waals surface area (Å²) in [7, 11) is 0. The van der Waals surface area contributed by atoms with Crippen molar-refractivity contribution in [3.05, 3.63) is 54.0 Å². The smallest absolute Gasteiger partial charge is 0.291 e. The van der Waals surface area contributed by atoms with Gasteiger partial charge >= 0.3 is 0 Å². The zero-order valence-corrected chi connectivity index (χ0v) is 19.3. The maximum absolute atomic E-state index is 12.0. The number of hydrogen-bond donors (Lipinski definition) is 4. The molecular formula is C21H28IN5O3. The van der Waals surface area contributed by atoms with Crippen molar-refractivity contribution < 1.29 is 14.0 Å². The van der Waals surface area contributed by atoms with E-state index in [4.69, 9.17) is 4.42 Å². The van der Waals surface area contributed by atoms with E-state index in [0.717, 1.165) is 24.9 Å². The Bertz CT molecular complexity index is 833. The lowest BCUT2D eigenvalue weighted by Gasteiger charge is -2.12. The summed E-state index contributed by atoms with van der Waals surface area (Å²) in [6.45, 7) is 4.43. The molecule has 0 atom stereocenters. The van der Waals surface area contributed by atoms with E-state index in [1.54, 1.807) is 12.1 Å². The van der Waals surface area contributed by atoms with Gasteiger partial charge in [0.05, 0.1) is 12.8 Å². The molecule has 0 aliphatic heterocycles. The minimum absolute atomic E-state index is 0. The summed E-state index contributed by atoms with van der Waals surface area (Å²) >= 11 is 0. The molecule has 0 unspecified atom stereocenters. The molecule has 30 heavy (non-hydrogen) atoms. The van der Waals surface area contributed by atoms with Gasteiger partial charge in [-0.1, -0.05) is 12.1 Å². The van der Waals surface area contributed by atoms with Gasteiger partial charge in [-0.25, -0.2) is 4.99 Å². The Hall–Kier alpha value is -2.56. The number of rotatable bonds is 9. The zero-order valence-electron chi connectivity index (χ0n) is 16.9. The Labute approximate surface area is 193 Å². The standard InChI is InChI=1S/C21H27N5O3.HI/c1-2-22-21(24-12-11-23-19(27)16-7-8-16)25-14-15-5-9-17(10-6-15)26-20(28)18-4-3-13-29-18;/h3-6,9-10,13,16H,2,7-8,11-12,14H2,1H3,(H,23,27)(H,26,28)(H2,22,24,25);1H. The van der Waals surface area contributed by atoms with Crippen LogP contribution < -0.4 is 21.3 Å². The molecule has 8 nitrogen and oxygen atoms in total. The summed E-state index contributed by atoms with van der Waals surface area (Å²) in [6, 6.07) is 10.8. The van der Waals surface area contributed by atoms with E-state index >= 15 is 0 Å². The third-order valence-corrected chi connectivity index (χ3v) is 4.39. The second kappa shape index (κ2) is 12.2. The van der Waals surface area contributed by atoms with Crippen LogP contribution in [0, 0.1) is 5.92 Å². The van der Waals surface area contributed by atoms with Crippen LogP contribution in [-0.2, 0) is 11.3 Å². The lowest BCUT2D eigenvalue weighted by atomic mass is 10.2. The highest BCUT2D eigenvalue weighted by atomic mass is 127. The molecule has 3 rings (SSSR count). The monoisotopic (exact) mass is 525 g/mol. The number of nitrogens with one attached hydrogen (secondary N) is 4. The molecule has 0 radical (unpaired) electrons. The number of guanidine groups is 1. The van der Waals surface area contributed by atoms with Crippen LogP contribution in [0.5, 0.6) is 0 Å². The van der Waals surface area contributed by atoms with Gasteiger partial charge in [-0.2, -0.15) is 0 Å². The number of anilines is 1. The summed E-state index contributed by atoms with van der Waals surface area (Å²) in [5.74, 6) is 1.06. The number of furan rings is 1. The molecule has 4 N–H and O–H groups in total. The van der Waals surface area contributed by atoms with Crippen LogP contribution in [0.3, 0.4) is 0 Å². The molecule has 1 saturated carbocycles. The molecule has 2 aromatic rings. The number of carbonyl (C=O) groups is 2. The van der Waals surface area contributed by atoms with Gasteiger partial charge in [-0.05, 0) is 49.6 Å². The number of hydrogen-bond acceptors (Lipinski definition) is 4. The number of aliphatic imine (C=N–C) groups is 1. The molecule has 1 heterocycles. The van der Waals surface area contributed by atoms with Crippen molar-refractivity contribution >= 4 is 47.4 Å². The van der Waals surface area contributed by atoms with Gasteiger partial charge in [-0.15, -0.1) is 24.0 Å². The first-order valence-electron chi connectivity index (χ1n) is 9.89. The predicted molar refractivity (Wildman–Crippen MR) is 127 cm³/mol. The van der Waals surface area contributed by atoms with E-state index in [0.29, 0.717) is 31.3 Å². The highest BCUT2D eigenvalue weighted by molar-refractivity contribution is 14.0. The molecule has 1 aromatic carbocycles. The van der Waals surface area contributed by atoms with Crippen molar-refractivity contribution in [1.29, 1.82) is 0 Å². The molecule has 1 aromatic heterocycles. The second-order valence-corrected chi connectivity index (χ2v) is 6.82. The molecule has 1 aliphatic rings. The van der Waals surface area contributed by atoms with Crippen LogP contribution in [-0.4, -0.2) is 37.4 Å². The number of halogens is 1. The average molecular weight is 525 g/mol. The van der Waals surface area contributed by atoms with Crippen molar-refractivity contribution in [2.24, 2.45) is 10.9 Å². The molecule has 0 spiro atoms. The van der Waals surface area contributed by atoms with E-state index in [1.807, 2.05) is 31.2 Å². The first-order valence-corrected chi connectivity index (χ1v) is 9.89. The summed E-state index contributed by atoms with van der Waals surface area (Å²) in [5, 5.41) is 12.1. The summed E-state index contributed by atoms with van der Waals surface area (Å²) in [5.41, 5.74) is 1.70. The molecular weight excluding hydrogens is 497 g/mol. The van der Waals surface area contributed by atoms with Crippen molar-refractivity contribution in [2.75, 3.05) is 25.0 Å². The number of carbonyl (C=O) groups excluding carboxylic acids is 2. The molecule has 9 heteroatoms. The number of benzene rings is 1. The summed E-state index contributed by atoms with van der Waals surface area (Å²) < 4.78 is 5.08. The van der Waals surface area contributed by atoms with Crippen LogP contribution in [0.25, 0.3) is 0 Å². The Kier molecular flexibility index (Phi) is 9.65. The Morgan fingerprint density at radius 2 is 1.80 bits per heavy atom. The van der Waals surface area contributed by atoms with Gasteiger partial charge in [0, 0.05) is 31.2 Å². The summed E-state index contributed by atoms with van der Waals surface area (Å²) in [6.07, 6.45) is 3.48. The van der Waals surface area contributed by atoms with Crippen LogP contribution in [0.15, 0.2) is 52.1 Å². The average Bonchev–Trinajstić information content (AvgIpc) is 3.44. The van der Waals surface area contributed by atoms with Crippen LogP contribution in [0.1, 0.15) is 35.9 Å². The van der Waals surface area contributed by atoms with Crippen LogP contribution in [0.2, 0.25) is 0 Å². The molecule has 1 aliphatic carbocycles. The van der Waals surface area contributed by atoms with Crippen LogP contribution >= 0.6 is 24.0 Å². The lowest BCUT2D eigenvalue weighted by molar-refractivity contribution is -0.122. The molecule has 162 valence electrons. The third-order valence-electron chi connectivity index (χ3n) is 4.39. The van der Waals surface area contributed by atoms with Gasteiger partial charge in [0.15, 0.2) is 11.7 Å². The van der Waals surface area contributed by atoms with E-state index in [-0.39, 0.29) is 47.5 Å². The van der Waals surface area contributed by atoms with E-state index in [1.165, 1.54) is 6.26 Å². The van der Waals surface area contributed by atoms with Crippen molar-refractivity contribution in [3.63, 3.8) is 0 Å². The normalized spacial score (nSPS) is 13.2. The molecule has 0 saturated heterocycles. The first-order chi connectivity index (χ1) is 14.2. The highest BCUT2D eigenvalue weighted by Crippen LogP contribution is 2.28. The maximum atomic E-state index is 12.0. The fourth-order valence-corrected chi connectivity index (χ4v) is 2.66. The van der Waals surface area contributed by atoms with E-state index in [9.17, 15) is 9.59 Å². The third kappa shape index (κ3) is 7.69.